The maximum atomic E-state index is 15.1. The largest absolute Gasteiger partial charge is 0.496 e. The SMILES string of the molecule is COc1cc(F)ccc1Cn1nccc1-c1cc(F)c2nnn(-c3ccc4[nH]c(=O)[nH]c4c3)c2c1. The third-order valence-electron chi connectivity index (χ3n) is 5.83. The smallest absolute Gasteiger partial charge is 0.323 e. The van der Waals surface area contributed by atoms with E-state index in [1.807, 2.05) is 0 Å². The first-order valence-electron chi connectivity index (χ1n) is 10.6. The molecular formula is C24H17F2N7O2. The van der Waals surface area contributed by atoms with Crippen LogP contribution in [0.4, 0.5) is 8.78 Å². The maximum Gasteiger partial charge on any atom is 0.323 e. The number of imidazole rings is 1. The van der Waals surface area contributed by atoms with Crippen molar-refractivity contribution in [3.63, 3.8) is 0 Å². The molecule has 0 fully saturated rings. The Morgan fingerprint density at radius 2 is 1.86 bits per heavy atom. The highest BCUT2D eigenvalue weighted by Crippen LogP contribution is 2.29. The standard InChI is InChI=1S/C24H17F2N7O2/c1-35-22-10-15(25)3-2-13(22)12-32-20(6-7-27-32)14-8-17(26)23-21(9-14)33(31-30-23)16-4-5-18-19(11-16)29-24(34)28-18/h2-11H,12H2,1H3,(H2,28,29,34). The second kappa shape index (κ2) is 7.90. The number of benzene rings is 3. The Hall–Kier alpha value is -4.80. The molecule has 0 amide bonds. The molecule has 0 aliphatic carbocycles. The zero-order valence-corrected chi connectivity index (χ0v) is 18.3. The average Bonchev–Trinajstić information content (AvgIpc) is 3.57. The Kier molecular flexibility index (Phi) is 4.69. The van der Waals surface area contributed by atoms with Gasteiger partial charge in [-0.15, -0.1) is 5.10 Å². The summed E-state index contributed by atoms with van der Waals surface area (Å²) in [6, 6.07) is 14.4. The molecule has 3 heterocycles. The average molecular weight is 473 g/mol. The molecule has 0 radical (unpaired) electrons. The molecule has 0 aliphatic rings. The van der Waals surface area contributed by atoms with Crippen LogP contribution in [0, 0.1) is 11.6 Å². The molecule has 11 heteroatoms. The predicted octanol–water partition coefficient (Wildman–Crippen LogP) is 3.79. The highest BCUT2D eigenvalue weighted by molar-refractivity contribution is 5.84. The fourth-order valence-electron chi connectivity index (χ4n) is 4.19. The Morgan fingerprint density at radius 1 is 1.00 bits per heavy atom. The topological polar surface area (TPSA) is 106 Å². The molecule has 6 rings (SSSR count). The lowest BCUT2D eigenvalue weighted by Crippen LogP contribution is -2.06. The number of hydrogen-bond donors (Lipinski definition) is 2. The minimum atomic E-state index is -0.535. The fourth-order valence-corrected chi connectivity index (χ4v) is 4.19. The lowest BCUT2D eigenvalue weighted by Gasteiger charge is -2.12. The van der Waals surface area contributed by atoms with Crippen molar-refractivity contribution in [2.24, 2.45) is 0 Å². The van der Waals surface area contributed by atoms with E-state index in [2.05, 4.69) is 25.4 Å². The number of nitrogens with zero attached hydrogens (tertiary/aromatic N) is 5. The minimum absolute atomic E-state index is 0.114. The molecule has 3 aromatic carbocycles. The van der Waals surface area contributed by atoms with Crippen LogP contribution in [-0.4, -0.2) is 41.9 Å². The quantitative estimate of drug-likeness (QED) is 0.396. The first kappa shape index (κ1) is 20.8. The summed E-state index contributed by atoms with van der Waals surface area (Å²) < 4.78 is 37.2. The van der Waals surface area contributed by atoms with E-state index in [4.69, 9.17) is 4.74 Å². The highest BCUT2D eigenvalue weighted by atomic mass is 19.1. The van der Waals surface area contributed by atoms with Gasteiger partial charge in [-0.2, -0.15) is 5.10 Å². The van der Waals surface area contributed by atoms with E-state index in [-0.39, 0.29) is 11.2 Å². The number of fused-ring (bicyclic) bond motifs is 2. The number of halogens is 2. The number of H-pyrrole nitrogens is 2. The molecule has 0 bridgehead atoms. The Bertz CT molecular complexity index is 1780. The summed E-state index contributed by atoms with van der Waals surface area (Å²) in [6.45, 7) is 0.292. The second-order valence-corrected chi connectivity index (χ2v) is 7.97. The van der Waals surface area contributed by atoms with Crippen LogP contribution < -0.4 is 10.4 Å². The maximum absolute atomic E-state index is 15.1. The molecule has 35 heavy (non-hydrogen) atoms. The summed E-state index contributed by atoms with van der Waals surface area (Å²) >= 11 is 0. The van der Waals surface area contributed by atoms with Crippen molar-refractivity contribution in [3.8, 4) is 22.7 Å². The van der Waals surface area contributed by atoms with E-state index < -0.39 is 11.6 Å². The van der Waals surface area contributed by atoms with Crippen LogP contribution >= 0.6 is 0 Å². The van der Waals surface area contributed by atoms with Crippen molar-refractivity contribution in [2.75, 3.05) is 7.11 Å². The molecular weight excluding hydrogens is 456 g/mol. The van der Waals surface area contributed by atoms with Gasteiger partial charge in [0.25, 0.3) is 0 Å². The van der Waals surface area contributed by atoms with Gasteiger partial charge < -0.3 is 14.7 Å². The summed E-state index contributed by atoms with van der Waals surface area (Å²) in [6.07, 6.45) is 1.61. The van der Waals surface area contributed by atoms with E-state index in [0.717, 1.165) is 5.56 Å². The molecule has 2 N–H and O–H groups in total. The third kappa shape index (κ3) is 3.53. The van der Waals surface area contributed by atoms with Crippen LogP contribution in [0.5, 0.6) is 5.75 Å². The van der Waals surface area contributed by atoms with E-state index in [1.165, 1.54) is 30.0 Å². The lowest BCUT2D eigenvalue weighted by atomic mass is 10.1. The van der Waals surface area contributed by atoms with Crippen molar-refractivity contribution >= 4 is 22.1 Å². The normalized spacial score (nSPS) is 11.5. The van der Waals surface area contributed by atoms with Crippen LogP contribution in [-0.2, 0) is 6.54 Å². The number of aromatic nitrogens is 7. The summed E-state index contributed by atoms with van der Waals surface area (Å²) in [5.74, 6) is -0.540. The number of hydrogen-bond acceptors (Lipinski definition) is 5. The van der Waals surface area contributed by atoms with Gasteiger partial charge in [0.15, 0.2) is 5.82 Å². The summed E-state index contributed by atoms with van der Waals surface area (Å²) in [5.41, 5.74) is 4.03. The molecule has 6 aromatic rings. The Labute approximate surface area is 195 Å². The van der Waals surface area contributed by atoms with Crippen molar-refractivity contribution in [1.82, 2.24) is 34.7 Å². The van der Waals surface area contributed by atoms with Crippen molar-refractivity contribution < 1.29 is 13.5 Å². The van der Waals surface area contributed by atoms with Crippen LogP contribution in [0.3, 0.4) is 0 Å². The van der Waals surface area contributed by atoms with Crippen LogP contribution in [0.1, 0.15) is 5.56 Å². The number of nitrogens with one attached hydrogen (secondary N) is 2. The Balaban J connectivity index is 1.45. The summed E-state index contributed by atoms with van der Waals surface area (Å²) in [4.78, 5) is 17.0. The van der Waals surface area contributed by atoms with E-state index in [0.29, 0.717) is 45.8 Å². The van der Waals surface area contributed by atoms with Gasteiger partial charge in [0.1, 0.15) is 17.1 Å². The first-order chi connectivity index (χ1) is 17.0. The molecule has 0 spiro atoms. The van der Waals surface area contributed by atoms with Gasteiger partial charge in [0, 0.05) is 23.4 Å². The predicted molar refractivity (Wildman–Crippen MR) is 125 cm³/mol. The summed E-state index contributed by atoms with van der Waals surface area (Å²) in [7, 11) is 1.47. The molecule has 0 saturated carbocycles. The van der Waals surface area contributed by atoms with Gasteiger partial charge in [-0.05, 0) is 42.5 Å². The monoisotopic (exact) mass is 473 g/mol. The number of methoxy groups -OCH3 is 1. The molecule has 9 nitrogen and oxygen atoms in total. The summed E-state index contributed by atoms with van der Waals surface area (Å²) in [5, 5.41) is 12.5. The van der Waals surface area contributed by atoms with Crippen LogP contribution in [0.2, 0.25) is 0 Å². The Morgan fingerprint density at radius 3 is 2.71 bits per heavy atom. The van der Waals surface area contributed by atoms with Gasteiger partial charge in [-0.25, -0.2) is 18.3 Å². The zero-order chi connectivity index (χ0) is 24.1. The minimum Gasteiger partial charge on any atom is -0.496 e. The molecule has 174 valence electrons. The highest BCUT2D eigenvalue weighted by Gasteiger charge is 2.17. The second-order valence-electron chi connectivity index (χ2n) is 7.97. The van der Waals surface area contributed by atoms with E-state index in [9.17, 15) is 9.18 Å². The molecule has 3 aromatic heterocycles. The lowest BCUT2D eigenvalue weighted by molar-refractivity contribution is 0.404. The van der Waals surface area contributed by atoms with Crippen molar-refractivity contribution in [3.05, 3.63) is 88.5 Å². The number of aromatic amines is 2. The van der Waals surface area contributed by atoms with Gasteiger partial charge in [0.05, 0.1) is 41.6 Å². The first-order valence-corrected chi connectivity index (χ1v) is 10.6. The van der Waals surface area contributed by atoms with Crippen LogP contribution in [0.15, 0.2) is 65.6 Å². The number of ether oxygens (including phenoxy) is 1. The van der Waals surface area contributed by atoms with Gasteiger partial charge >= 0.3 is 5.69 Å². The molecule has 0 atom stereocenters. The number of rotatable bonds is 5. The van der Waals surface area contributed by atoms with E-state index >= 15 is 4.39 Å². The van der Waals surface area contributed by atoms with Crippen molar-refractivity contribution in [2.45, 2.75) is 6.54 Å². The molecule has 0 aliphatic heterocycles. The van der Waals surface area contributed by atoms with Gasteiger partial charge in [-0.3, -0.25) is 4.68 Å². The van der Waals surface area contributed by atoms with Gasteiger partial charge in [0.2, 0.25) is 0 Å². The van der Waals surface area contributed by atoms with Crippen LogP contribution in [0.25, 0.3) is 39.0 Å². The van der Waals surface area contributed by atoms with Crippen molar-refractivity contribution in [1.29, 1.82) is 0 Å². The van der Waals surface area contributed by atoms with E-state index in [1.54, 1.807) is 47.3 Å². The zero-order valence-electron chi connectivity index (χ0n) is 18.3. The third-order valence-corrected chi connectivity index (χ3v) is 5.83. The fraction of sp³-hybridized carbons (Fsp3) is 0.0833. The molecule has 0 saturated heterocycles. The van der Waals surface area contributed by atoms with Gasteiger partial charge in [-0.1, -0.05) is 11.3 Å². The molecule has 0 unspecified atom stereocenters.